The number of nitrogens with zero attached hydrogens (tertiary/aromatic N) is 3. The summed E-state index contributed by atoms with van der Waals surface area (Å²) in [4.78, 5) is 32.4. The Morgan fingerprint density at radius 3 is 2.50 bits per heavy atom. The van der Waals surface area contributed by atoms with E-state index < -0.39 is 5.97 Å². The van der Waals surface area contributed by atoms with Gasteiger partial charge in [-0.1, -0.05) is 25.1 Å². The van der Waals surface area contributed by atoms with Gasteiger partial charge < -0.3 is 14.5 Å². The van der Waals surface area contributed by atoms with E-state index in [0.29, 0.717) is 30.0 Å². The van der Waals surface area contributed by atoms with Crippen LogP contribution in [-0.4, -0.2) is 36.9 Å². The number of benzene rings is 1. The van der Waals surface area contributed by atoms with Crippen molar-refractivity contribution >= 4 is 23.3 Å². The number of hydrogen-bond acceptors (Lipinski definition) is 6. The summed E-state index contributed by atoms with van der Waals surface area (Å²) in [5, 5.41) is 0. The number of methoxy groups -OCH3 is 1. The quantitative estimate of drug-likeness (QED) is 0.772. The maximum absolute atomic E-state index is 12.5. The van der Waals surface area contributed by atoms with Crippen molar-refractivity contribution < 1.29 is 14.3 Å². The molecule has 2 aromatic rings. The van der Waals surface area contributed by atoms with Crippen LogP contribution in [0.2, 0.25) is 0 Å². The molecular weight excluding hydrogens is 330 g/mol. The molecule has 0 spiro atoms. The zero-order valence-electron chi connectivity index (χ0n) is 14.9. The second-order valence-corrected chi connectivity index (χ2v) is 5.87. The van der Waals surface area contributed by atoms with Crippen molar-refractivity contribution in [2.75, 3.05) is 30.0 Å². The molecule has 0 amide bonds. The maximum Gasteiger partial charge on any atom is 0.339 e. The van der Waals surface area contributed by atoms with Crippen molar-refractivity contribution in [3.63, 3.8) is 0 Å². The number of rotatable bonds is 5. The van der Waals surface area contributed by atoms with Crippen LogP contribution in [0.5, 0.6) is 0 Å². The van der Waals surface area contributed by atoms with E-state index in [0.717, 1.165) is 12.2 Å². The Bertz CT molecular complexity index is 816. The van der Waals surface area contributed by atoms with Gasteiger partial charge in [-0.05, 0) is 24.3 Å². The number of ether oxygens (including phenoxy) is 1. The minimum atomic E-state index is -0.432. The summed E-state index contributed by atoms with van der Waals surface area (Å²) in [6.45, 7) is 3.19. The minimum Gasteiger partial charge on any atom is -0.465 e. The third-order valence-corrected chi connectivity index (χ3v) is 4.27. The van der Waals surface area contributed by atoms with Gasteiger partial charge in [-0.3, -0.25) is 4.79 Å². The zero-order valence-corrected chi connectivity index (χ0v) is 14.9. The number of carbonyl (C=O) groups excluding carboxylic acids is 2. The average molecular weight is 351 g/mol. The average Bonchev–Trinajstić information content (AvgIpc) is 2.73. The summed E-state index contributed by atoms with van der Waals surface area (Å²) in [5.74, 6) is 0.251. The minimum absolute atomic E-state index is 0.0458. The highest BCUT2D eigenvalue weighted by molar-refractivity contribution is 5.99. The number of para-hydroxylation sites is 1. The standard InChI is InChI=1S/C20H21N3O3/c1-3-18(24)17-14-22(16-7-5-4-6-8-16)11-12-23(17)19-10-9-15(13-21-19)20(25)26-2/h4-10,13-14H,3,11-12H2,1-2H3. The molecule has 0 radical (unpaired) electrons. The number of allylic oxidation sites excluding steroid dienone is 1. The molecule has 0 bridgehead atoms. The molecule has 0 saturated heterocycles. The summed E-state index contributed by atoms with van der Waals surface area (Å²) in [7, 11) is 1.33. The van der Waals surface area contributed by atoms with E-state index >= 15 is 0 Å². The molecule has 0 atom stereocenters. The topological polar surface area (TPSA) is 62.7 Å². The predicted octanol–water partition coefficient (Wildman–Crippen LogP) is 3.02. The van der Waals surface area contributed by atoms with Gasteiger partial charge in [0.25, 0.3) is 0 Å². The van der Waals surface area contributed by atoms with Gasteiger partial charge in [0.2, 0.25) is 0 Å². The second-order valence-electron chi connectivity index (χ2n) is 5.87. The maximum atomic E-state index is 12.5. The van der Waals surface area contributed by atoms with E-state index in [1.807, 2.05) is 48.4 Å². The summed E-state index contributed by atoms with van der Waals surface area (Å²) in [6, 6.07) is 13.3. The second kappa shape index (κ2) is 7.82. The molecule has 0 N–H and O–H groups in total. The monoisotopic (exact) mass is 351 g/mol. The Hall–Kier alpha value is -3.15. The fraction of sp³-hybridized carbons (Fsp3) is 0.250. The lowest BCUT2D eigenvalue weighted by atomic mass is 10.1. The molecule has 26 heavy (non-hydrogen) atoms. The van der Waals surface area contributed by atoms with Gasteiger partial charge in [0.1, 0.15) is 11.5 Å². The normalized spacial score (nSPS) is 14.0. The van der Waals surface area contributed by atoms with Gasteiger partial charge in [-0.15, -0.1) is 0 Å². The molecule has 6 nitrogen and oxygen atoms in total. The molecular formula is C20H21N3O3. The first-order valence-corrected chi connectivity index (χ1v) is 8.52. The molecule has 2 heterocycles. The van der Waals surface area contributed by atoms with E-state index in [-0.39, 0.29) is 5.78 Å². The van der Waals surface area contributed by atoms with E-state index in [4.69, 9.17) is 4.74 Å². The van der Waals surface area contributed by atoms with Crippen LogP contribution in [0.25, 0.3) is 0 Å². The number of ketones is 1. The number of anilines is 2. The third-order valence-electron chi connectivity index (χ3n) is 4.27. The fourth-order valence-electron chi connectivity index (χ4n) is 2.86. The van der Waals surface area contributed by atoms with Crippen LogP contribution in [-0.2, 0) is 9.53 Å². The lowest BCUT2D eigenvalue weighted by Crippen LogP contribution is -2.41. The van der Waals surface area contributed by atoms with Crippen LogP contribution in [0, 0.1) is 0 Å². The number of aromatic nitrogens is 1. The molecule has 0 aliphatic carbocycles. The zero-order chi connectivity index (χ0) is 18.5. The lowest BCUT2D eigenvalue weighted by Gasteiger charge is -2.35. The first-order chi connectivity index (χ1) is 12.6. The number of esters is 1. The van der Waals surface area contributed by atoms with Crippen molar-refractivity contribution in [3.8, 4) is 0 Å². The Labute approximate surface area is 152 Å². The largest absolute Gasteiger partial charge is 0.465 e. The van der Waals surface area contributed by atoms with Crippen LogP contribution in [0.3, 0.4) is 0 Å². The molecule has 0 saturated carbocycles. The molecule has 1 aromatic heterocycles. The molecule has 134 valence electrons. The summed E-state index contributed by atoms with van der Waals surface area (Å²) in [6.07, 6.45) is 3.75. The van der Waals surface area contributed by atoms with Crippen LogP contribution in [0.1, 0.15) is 23.7 Å². The van der Waals surface area contributed by atoms with Crippen molar-refractivity contribution in [2.45, 2.75) is 13.3 Å². The number of pyridine rings is 1. The van der Waals surface area contributed by atoms with Crippen LogP contribution >= 0.6 is 0 Å². The van der Waals surface area contributed by atoms with Gasteiger partial charge in [0, 0.05) is 37.6 Å². The third kappa shape index (κ3) is 3.59. The molecule has 6 heteroatoms. The smallest absolute Gasteiger partial charge is 0.339 e. The molecule has 1 aromatic carbocycles. The van der Waals surface area contributed by atoms with Gasteiger partial charge >= 0.3 is 5.97 Å². The Morgan fingerprint density at radius 1 is 1.12 bits per heavy atom. The molecule has 3 rings (SSSR count). The van der Waals surface area contributed by atoms with Crippen molar-refractivity contribution in [2.24, 2.45) is 0 Å². The highest BCUT2D eigenvalue weighted by Gasteiger charge is 2.25. The molecule has 1 aliphatic heterocycles. The van der Waals surface area contributed by atoms with E-state index in [9.17, 15) is 9.59 Å². The van der Waals surface area contributed by atoms with E-state index in [2.05, 4.69) is 9.88 Å². The predicted molar refractivity (Wildman–Crippen MR) is 100 cm³/mol. The number of Topliss-reactive ketones (excluding diaryl/α,β-unsaturated/α-hetero) is 1. The fourth-order valence-corrected chi connectivity index (χ4v) is 2.86. The summed E-state index contributed by atoms with van der Waals surface area (Å²) in [5.41, 5.74) is 2.02. The number of hydrogen-bond donors (Lipinski definition) is 0. The first-order valence-electron chi connectivity index (χ1n) is 8.52. The summed E-state index contributed by atoms with van der Waals surface area (Å²) >= 11 is 0. The highest BCUT2D eigenvalue weighted by Crippen LogP contribution is 2.25. The Morgan fingerprint density at radius 2 is 1.88 bits per heavy atom. The molecule has 0 fully saturated rings. The molecule has 1 aliphatic rings. The van der Waals surface area contributed by atoms with E-state index in [1.165, 1.54) is 13.3 Å². The van der Waals surface area contributed by atoms with Gasteiger partial charge in [0.15, 0.2) is 5.78 Å². The van der Waals surface area contributed by atoms with Crippen LogP contribution < -0.4 is 9.80 Å². The van der Waals surface area contributed by atoms with Gasteiger partial charge in [-0.25, -0.2) is 9.78 Å². The summed E-state index contributed by atoms with van der Waals surface area (Å²) < 4.78 is 4.70. The van der Waals surface area contributed by atoms with Crippen LogP contribution in [0.4, 0.5) is 11.5 Å². The van der Waals surface area contributed by atoms with Gasteiger partial charge in [0.05, 0.1) is 12.7 Å². The van der Waals surface area contributed by atoms with E-state index in [1.54, 1.807) is 12.1 Å². The van der Waals surface area contributed by atoms with Crippen molar-refractivity contribution in [1.29, 1.82) is 0 Å². The Balaban J connectivity index is 1.91. The first kappa shape index (κ1) is 17.7. The van der Waals surface area contributed by atoms with Crippen molar-refractivity contribution in [1.82, 2.24) is 4.98 Å². The van der Waals surface area contributed by atoms with Crippen LogP contribution in [0.15, 0.2) is 60.6 Å². The Kier molecular flexibility index (Phi) is 5.31. The van der Waals surface area contributed by atoms with Gasteiger partial charge in [-0.2, -0.15) is 0 Å². The number of carbonyl (C=O) groups is 2. The van der Waals surface area contributed by atoms with Crippen molar-refractivity contribution in [3.05, 3.63) is 66.1 Å². The highest BCUT2D eigenvalue weighted by atomic mass is 16.5. The molecule has 0 unspecified atom stereocenters. The lowest BCUT2D eigenvalue weighted by molar-refractivity contribution is -0.115. The SMILES string of the molecule is CCC(=O)C1=CN(c2ccccc2)CCN1c1ccc(C(=O)OC)cn1.